The lowest BCUT2D eigenvalue weighted by Gasteiger charge is -2.12. The van der Waals surface area contributed by atoms with Crippen LogP contribution in [-0.4, -0.2) is 50.5 Å². The molecule has 0 bridgehead atoms. The van der Waals surface area contributed by atoms with Gasteiger partial charge in [-0.1, -0.05) is 12.1 Å². The topological polar surface area (TPSA) is 171 Å². The number of fused-ring (bicyclic) bond motifs is 1. The standard InChI is InChI=1S/C27H23FN6O6S/c1-15-9-17-7-8-33(21(17)11-20(15)32-41(38,39)14-25(35)36)27(37)18-12-31-34(26(18)29)22-13-30-24(10-16(22)2)40-23-6-4-3-5-19(23)28/h3-13,32H,14,29H2,1-2H3,(H,35,36). The number of hydrogen-bond acceptors (Lipinski definition) is 8. The van der Waals surface area contributed by atoms with Crippen molar-refractivity contribution in [2.75, 3.05) is 16.2 Å². The summed E-state index contributed by atoms with van der Waals surface area (Å²) in [6, 6.07) is 12.3. The molecule has 0 atom stereocenters. The van der Waals surface area contributed by atoms with Crippen LogP contribution in [0.4, 0.5) is 15.9 Å². The summed E-state index contributed by atoms with van der Waals surface area (Å²) in [6.07, 6.45) is 4.25. The maximum absolute atomic E-state index is 14.0. The Kier molecular flexibility index (Phi) is 6.92. The summed E-state index contributed by atoms with van der Waals surface area (Å²) in [4.78, 5) is 28.7. The van der Waals surface area contributed by atoms with Gasteiger partial charge >= 0.3 is 5.97 Å². The summed E-state index contributed by atoms with van der Waals surface area (Å²) >= 11 is 0. The Morgan fingerprint density at radius 1 is 1.10 bits per heavy atom. The van der Waals surface area contributed by atoms with Gasteiger partial charge < -0.3 is 15.6 Å². The van der Waals surface area contributed by atoms with E-state index in [4.69, 9.17) is 15.6 Å². The molecule has 0 aliphatic heterocycles. The van der Waals surface area contributed by atoms with E-state index in [1.807, 2.05) is 0 Å². The number of aliphatic carboxylic acids is 1. The number of carboxylic acids is 1. The first-order valence-electron chi connectivity index (χ1n) is 12.0. The van der Waals surface area contributed by atoms with Gasteiger partial charge in [-0.05, 0) is 55.3 Å². The summed E-state index contributed by atoms with van der Waals surface area (Å²) in [6.45, 7) is 3.41. The van der Waals surface area contributed by atoms with Crippen molar-refractivity contribution in [3.63, 3.8) is 0 Å². The molecule has 14 heteroatoms. The molecule has 3 heterocycles. The second-order valence-corrected chi connectivity index (χ2v) is 10.9. The number of sulfonamides is 1. The lowest BCUT2D eigenvalue weighted by Crippen LogP contribution is -2.22. The van der Waals surface area contributed by atoms with Crippen molar-refractivity contribution in [1.29, 1.82) is 0 Å². The van der Waals surface area contributed by atoms with E-state index in [2.05, 4.69) is 14.8 Å². The Bertz CT molecular complexity index is 1950. The van der Waals surface area contributed by atoms with Gasteiger partial charge in [-0.2, -0.15) is 5.10 Å². The Labute approximate surface area is 232 Å². The number of nitrogen functional groups attached to an aromatic ring is 1. The van der Waals surface area contributed by atoms with Crippen molar-refractivity contribution in [3.8, 4) is 17.3 Å². The molecule has 0 saturated carbocycles. The number of aryl methyl sites for hydroxylation is 2. The van der Waals surface area contributed by atoms with E-state index in [1.54, 1.807) is 44.2 Å². The minimum Gasteiger partial charge on any atom is -0.480 e. The number of carboxylic acid groups (broad SMARTS) is 1. The maximum atomic E-state index is 14.0. The van der Waals surface area contributed by atoms with Gasteiger partial charge in [0, 0.05) is 17.6 Å². The highest BCUT2D eigenvalue weighted by molar-refractivity contribution is 7.93. The van der Waals surface area contributed by atoms with E-state index in [0.717, 1.165) is 0 Å². The first kappa shape index (κ1) is 27.3. The summed E-state index contributed by atoms with van der Waals surface area (Å²) in [5.41, 5.74) is 8.54. The molecule has 210 valence electrons. The highest BCUT2D eigenvalue weighted by Crippen LogP contribution is 2.29. The van der Waals surface area contributed by atoms with Crippen molar-refractivity contribution < 1.29 is 32.2 Å². The number of para-hydroxylation sites is 1. The first-order chi connectivity index (χ1) is 19.4. The van der Waals surface area contributed by atoms with Crippen LogP contribution in [-0.2, 0) is 14.8 Å². The van der Waals surface area contributed by atoms with E-state index in [9.17, 15) is 22.4 Å². The molecule has 0 radical (unpaired) electrons. The monoisotopic (exact) mass is 578 g/mol. The summed E-state index contributed by atoms with van der Waals surface area (Å²) in [5.74, 6) is -3.47. The number of halogens is 1. The summed E-state index contributed by atoms with van der Waals surface area (Å²) in [5, 5.41) is 13.8. The molecule has 0 fully saturated rings. The van der Waals surface area contributed by atoms with E-state index >= 15 is 0 Å². The molecule has 2 aromatic carbocycles. The van der Waals surface area contributed by atoms with Gasteiger partial charge in [-0.15, -0.1) is 0 Å². The molecule has 5 rings (SSSR count). The number of nitrogens with zero attached hydrogens (tertiary/aromatic N) is 4. The van der Waals surface area contributed by atoms with Gasteiger partial charge in [0.25, 0.3) is 5.91 Å². The number of carbonyl (C=O) groups excluding carboxylic acids is 1. The fraction of sp³-hybridized carbons (Fsp3) is 0.111. The number of benzene rings is 2. The zero-order valence-electron chi connectivity index (χ0n) is 21.7. The number of rotatable bonds is 8. The van der Waals surface area contributed by atoms with E-state index < -0.39 is 33.5 Å². The van der Waals surface area contributed by atoms with E-state index in [-0.39, 0.29) is 28.7 Å². The Balaban J connectivity index is 1.45. The van der Waals surface area contributed by atoms with Gasteiger partial charge in [0.15, 0.2) is 17.3 Å². The average Bonchev–Trinajstić information content (AvgIpc) is 3.47. The molecule has 0 amide bonds. The number of anilines is 2. The van der Waals surface area contributed by atoms with Crippen molar-refractivity contribution in [3.05, 3.63) is 89.6 Å². The van der Waals surface area contributed by atoms with Crippen LogP contribution in [0.5, 0.6) is 11.6 Å². The smallest absolute Gasteiger partial charge is 0.320 e. The van der Waals surface area contributed by atoms with Gasteiger partial charge in [0.2, 0.25) is 15.9 Å². The van der Waals surface area contributed by atoms with Gasteiger partial charge in [-0.25, -0.2) is 22.5 Å². The lowest BCUT2D eigenvalue weighted by atomic mass is 10.1. The van der Waals surface area contributed by atoms with Crippen LogP contribution >= 0.6 is 0 Å². The van der Waals surface area contributed by atoms with Crippen LogP contribution in [0.3, 0.4) is 0 Å². The molecule has 0 spiro atoms. The van der Waals surface area contributed by atoms with E-state index in [0.29, 0.717) is 27.7 Å². The lowest BCUT2D eigenvalue weighted by molar-refractivity contribution is -0.134. The molecule has 0 saturated heterocycles. The number of nitrogens with one attached hydrogen (secondary N) is 1. The van der Waals surface area contributed by atoms with Crippen LogP contribution in [0.25, 0.3) is 16.6 Å². The predicted molar refractivity (Wildman–Crippen MR) is 148 cm³/mol. The quantitative estimate of drug-likeness (QED) is 0.247. The van der Waals surface area contributed by atoms with Crippen molar-refractivity contribution >= 4 is 44.3 Å². The van der Waals surface area contributed by atoms with Crippen molar-refractivity contribution in [2.24, 2.45) is 0 Å². The number of hydrogen-bond donors (Lipinski definition) is 3. The van der Waals surface area contributed by atoms with Crippen molar-refractivity contribution in [1.82, 2.24) is 19.3 Å². The maximum Gasteiger partial charge on any atom is 0.320 e. The summed E-state index contributed by atoms with van der Waals surface area (Å²) < 4.78 is 48.8. The highest BCUT2D eigenvalue weighted by atomic mass is 32.2. The zero-order valence-corrected chi connectivity index (χ0v) is 22.5. The van der Waals surface area contributed by atoms with Gasteiger partial charge in [0.05, 0.1) is 29.3 Å². The molecule has 3 aromatic heterocycles. The third-order valence-corrected chi connectivity index (χ3v) is 7.37. The molecule has 0 aliphatic rings. The van der Waals surface area contributed by atoms with Crippen LogP contribution in [0.1, 0.15) is 21.5 Å². The van der Waals surface area contributed by atoms with Crippen LogP contribution in [0, 0.1) is 19.7 Å². The molecule has 41 heavy (non-hydrogen) atoms. The van der Waals surface area contributed by atoms with Gasteiger partial charge in [0.1, 0.15) is 11.4 Å². The number of nitrogens with two attached hydrogens (primary N) is 1. The minimum absolute atomic E-state index is 0.0191. The zero-order chi connectivity index (χ0) is 29.5. The second-order valence-electron chi connectivity index (χ2n) is 9.17. The van der Waals surface area contributed by atoms with Gasteiger partial charge in [-0.3, -0.25) is 18.9 Å². The normalized spacial score (nSPS) is 11.5. The van der Waals surface area contributed by atoms with Crippen LogP contribution in [0.2, 0.25) is 0 Å². The molecule has 5 aromatic rings. The van der Waals surface area contributed by atoms with E-state index in [1.165, 1.54) is 46.0 Å². The Hall–Kier alpha value is -5.24. The first-order valence-corrected chi connectivity index (χ1v) is 13.7. The number of pyridine rings is 1. The third kappa shape index (κ3) is 5.45. The van der Waals surface area contributed by atoms with Crippen molar-refractivity contribution in [2.45, 2.75) is 13.8 Å². The predicted octanol–water partition coefficient (Wildman–Crippen LogP) is 3.87. The molecule has 12 nitrogen and oxygen atoms in total. The number of aromatic nitrogens is 4. The van der Waals surface area contributed by atoms with Crippen LogP contribution in [0.15, 0.2) is 67.1 Å². The Morgan fingerprint density at radius 3 is 2.56 bits per heavy atom. The number of ether oxygens (including phenoxy) is 1. The molecule has 0 aliphatic carbocycles. The second kappa shape index (κ2) is 10.4. The number of carbonyl (C=O) groups is 2. The SMILES string of the molecule is Cc1cc2ccn(C(=O)c3cnn(-c4cnc(Oc5ccccc5F)cc4C)c3N)c2cc1NS(=O)(=O)CC(=O)O. The molecular formula is C27H23FN6O6S. The Morgan fingerprint density at radius 2 is 1.85 bits per heavy atom. The molecule has 0 unspecified atom stereocenters. The fourth-order valence-corrected chi connectivity index (χ4v) is 5.19. The largest absolute Gasteiger partial charge is 0.480 e. The third-order valence-electron chi connectivity index (χ3n) is 6.21. The summed E-state index contributed by atoms with van der Waals surface area (Å²) in [7, 11) is -4.17. The average molecular weight is 579 g/mol. The highest BCUT2D eigenvalue weighted by Gasteiger charge is 2.22. The molecule has 4 N–H and O–H groups in total. The molecular weight excluding hydrogens is 555 g/mol. The minimum atomic E-state index is -4.17. The van der Waals surface area contributed by atoms with Crippen LogP contribution < -0.4 is 15.2 Å². The fourth-order valence-electron chi connectivity index (χ4n) is 4.23.